The second-order valence-electron chi connectivity index (χ2n) is 8.47. The van der Waals surface area contributed by atoms with Crippen molar-refractivity contribution in [3.63, 3.8) is 0 Å². The van der Waals surface area contributed by atoms with Gasteiger partial charge in [0.1, 0.15) is 10.8 Å². The first-order valence-corrected chi connectivity index (χ1v) is 10.6. The quantitative estimate of drug-likeness (QED) is 0.263. The molecule has 8 rings (SSSR count). The molecule has 0 radical (unpaired) electrons. The van der Waals surface area contributed by atoms with Crippen molar-refractivity contribution in [1.82, 2.24) is 0 Å². The number of fused-ring (bicyclic) bond motifs is 10. The number of pyridine rings is 2. The molecular formula is C28H16N2O4. The lowest BCUT2D eigenvalue weighted by molar-refractivity contribution is -0.494. The Bertz CT molecular complexity index is 2030. The Labute approximate surface area is 190 Å². The van der Waals surface area contributed by atoms with E-state index in [0.29, 0.717) is 10.8 Å². The molecule has 4 aromatic carbocycles. The lowest BCUT2D eigenvalue weighted by Crippen LogP contribution is -2.40. The number of hydrogen-bond acceptors (Lipinski definition) is 4. The van der Waals surface area contributed by atoms with Gasteiger partial charge in [-0.05, 0) is 36.4 Å². The Balaban J connectivity index is 0.00000109. The molecule has 4 aromatic heterocycles. The number of aromatic nitrogens is 2. The molecule has 0 unspecified atom stereocenters. The molecule has 0 saturated carbocycles. The molecule has 6 heteroatoms. The van der Waals surface area contributed by atoms with E-state index in [4.69, 9.17) is 0 Å². The summed E-state index contributed by atoms with van der Waals surface area (Å²) in [6, 6.07) is 27.7. The van der Waals surface area contributed by atoms with Crippen LogP contribution in [-0.4, -0.2) is 11.0 Å². The van der Waals surface area contributed by atoms with E-state index in [2.05, 4.69) is 12.1 Å². The molecule has 8 aromatic rings. The summed E-state index contributed by atoms with van der Waals surface area (Å²) < 4.78 is 3.71. The Hall–Kier alpha value is -4.52. The third-order valence-electron chi connectivity index (χ3n) is 7.01. The SMILES string of the molecule is O=c1c2ccccc2c2c3cccc4c3c3c(cccc3[n+]12)c1c2ccccc2c(=O)[n+]41.[OH-].[OH-]. The number of rotatable bonds is 0. The Kier molecular flexibility index (Phi) is 3.85. The van der Waals surface area contributed by atoms with Gasteiger partial charge in [0.25, 0.3) is 0 Å². The van der Waals surface area contributed by atoms with Crippen LogP contribution in [0.5, 0.6) is 0 Å². The van der Waals surface area contributed by atoms with Crippen molar-refractivity contribution in [3.05, 3.63) is 106 Å². The highest BCUT2D eigenvalue weighted by molar-refractivity contribution is 6.28. The molecule has 0 fully saturated rings. The van der Waals surface area contributed by atoms with Crippen LogP contribution in [0.15, 0.2) is 94.5 Å². The molecule has 0 aliphatic rings. The van der Waals surface area contributed by atoms with Gasteiger partial charge in [0.2, 0.25) is 22.1 Å². The minimum absolute atomic E-state index is 0. The molecule has 6 nitrogen and oxygen atoms in total. The van der Waals surface area contributed by atoms with Crippen LogP contribution in [0.1, 0.15) is 0 Å². The smallest absolute Gasteiger partial charge is 0.426 e. The maximum absolute atomic E-state index is 13.5. The third kappa shape index (κ3) is 2.03. The van der Waals surface area contributed by atoms with Gasteiger partial charge in [0.05, 0.1) is 32.3 Å². The van der Waals surface area contributed by atoms with Crippen LogP contribution in [-0.2, 0) is 0 Å². The van der Waals surface area contributed by atoms with Crippen molar-refractivity contribution >= 4 is 65.2 Å². The molecule has 0 saturated heterocycles. The number of nitrogens with zero attached hydrogens (tertiary/aromatic N) is 2. The summed E-state index contributed by atoms with van der Waals surface area (Å²) >= 11 is 0. The van der Waals surface area contributed by atoms with Crippen LogP contribution >= 0.6 is 0 Å². The van der Waals surface area contributed by atoms with Crippen molar-refractivity contribution in [2.75, 3.05) is 0 Å². The summed E-state index contributed by atoms with van der Waals surface area (Å²) in [7, 11) is 0. The van der Waals surface area contributed by atoms with Crippen LogP contribution in [0.2, 0.25) is 0 Å². The molecule has 0 spiro atoms. The van der Waals surface area contributed by atoms with Gasteiger partial charge in [-0.1, -0.05) is 36.4 Å². The number of hydrogen-bond donors (Lipinski definition) is 0. The van der Waals surface area contributed by atoms with Crippen LogP contribution in [0, 0.1) is 0 Å². The van der Waals surface area contributed by atoms with E-state index < -0.39 is 0 Å². The maximum atomic E-state index is 13.5. The zero-order valence-electron chi connectivity index (χ0n) is 17.7. The topological polar surface area (TPSA) is 102 Å². The van der Waals surface area contributed by atoms with Gasteiger partial charge in [0, 0.05) is 12.1 Å². The molecule has 34 heavy (non-hydrogen) atoms. The average molecular weight is 444 g/mol. The minimum Gasteiger partial charge on any atom is -0.870 e. The Morgan fingerprint density at radius 2 is 0.765 bits per heavy atom. The van der Waals surface area contributed by atoms with Crippen molar-refractivity contribution in [1.29, 1.82) is 0 Å². The van der Waals surface area contributed by atoms with Crippen molar-refractivity contribution in [2.24, 2.45) is 0 Å². The number of benzene rings is 4. The zero-order valence-corrected chi connectivity index (χ0v) is 17.7. The van der Waals surface area contributed by atoms with Gasteiger partial charge >= 0.3 is 11.1 Å². The second-order valence-corrected chi connectivity index (χ2v) is 8.47. The van der Waals surface area contributed by atoms with Gasteiger partial charge in [-0.25, -0.2) is 9.59 Å². The largest absolute Gasteiger partial charge is 0.870 e. The van der Waals surface area contributed by atoms with Crippen molar-refractivity contribution in [3.8, 4) is 0 Å². The molecule has 2 N–H and O–H groups in total. The van der Waals surface area contributed by atoms with Gasteiger partial charge in [-0.2, -0.15) is 0 Å². The second kappa shape index (κ2) is 6.51. The molecule has 4 heterocycles. The van der Waals surface area contributed by atoms with Crippen LogP contribution in [0.3, 0.4) is 0 Å². The first-order chi connectivity index (χ1) is 15.8. The normalized spacial score (nSPS) is 11.9. The summed E-state index contributed by atoms with van der Waals surface area (Å²) in [5.74, 6) is 0. The van der Waals surface area contributed by atoms with Crippen molar-refractivity contribution in [2.45, 2.75) is 0 Å². The maximum Gasteiger partial charge on any atom is 0.426 e. The predicted octanol–water partition coefficient (Wildman–Crippen LogP) is 3.61. The lowest BCUT2D eigenvalue weighted by atomic mass is 9.97. The van der Waals surface area contributed by atoms with E-state index in [1.807, 2.05) is 81.6 Å². The van der Waals surface area contributed by atoms with E-state index in [1.165, 1.54) is 0 Å². The first kappa shape index (κ1) is 20.1. The van der Waals surface area contributed by atoms with E-state index in [1.54, 1.807) is 0 Å². The third-order valence-corrected chi connectivity index (χ3v) is 7.01. The van der Waals surface area contributed by atoms with E-state index >= 15 is 0 Å². The molecule has 0 aliphatic heterocycles. The fraction of sp³-hybridized carbons (Fsp3) is 0. The lowest BCUT2D eigenvalue weighted by Gasteiger charge is -2.06. The molecular weight excluding hydrogens is 428 g/mol. The van der Waals surface area contributed by atoms with Gasteiger partial charge in [0.15, 0.2) is 0 Å². The zero-order chi connectivity index (χ0) is 21.1. The fourth-order valence-corrected chi connectivity index (χ4v) is 5.80. The summed E-state index contributed by atoms with van der Waals surface area (Å²) in [4.78, 5) is 27.1. The summed E-state index contributed by atoms with van der Waals surface area (Å²) in [5.41, 5.74) is 3.55. The van der Waals surface area contributed by atoms with E-state index in [0.717, 1.165) is 54.4 Å². The molecule has 0 amide bonds. The molecule has 162 valence electrons. The minimum atomic E-state index is -0.00428. The Morgan fingerprint density at radius 1 is 0.412 bits per heavy atom. The highest BCUT2D eigenvalue weighted by Crippen LogP contribution is 2.37. The fourth-order valence-electron chi connectivity index (χ4n) is 5.80. The van der Waals surface area contributed by atoms with Gasteiger partial charge < -0.3 is 11.0 Å². The van der Waals surface area contributed by atoms with E-state index in [9.17, 15) is 9.59 Å². The van der Waals surface area contributed by atoms with Crippen LogP contribution in [0.25, 0.3) is 65.2 Å². The van der Waals surface area contributed by atoms with Gasteiger partial charge in [-0.15, -0.1) is 8.80 Å². The summed E-state index contributed by atoms with van der Waals surface area (Å²) in [5, 5.41) is 7.34. The Morgan fingerprint density at radius 3 is 1.18 bits per heavy atom. The van der Waals surface area contributed by atoms with E-state index in [-0.39, 0.29) is 22.1 Å². The molecule has 0 bridgehead atoms. The predicted molar refractivity (Wildman–Crippen MR) is 130 cm³/mol. The van der Waals surface area contributed by atoms with Gasteiger partial charge in [-0.3, -0.25) is 0 Å². The van der Waals surface area contributed by atoms with Crippen molar-refractivity contribution < 1.29 is 19.8 Å². The standard InChI is InChI=1S/C28H14N2O2.2H2O/c31-27-17-9-3-1-7-15(17)25-19-11-5-14-22-23(19)24-20(12-6-13-21(24)29(25)27)26-16-8-2-4-10-18(16)28(32)30(22)26;;/h1-14H;2*1H2/q+2;;/p-2. The highest BCUT2D eigenvalue weighted by Gasteiger charge is 2.33. The first-order valence-electron chi connectivity index (χ1n) is 10.6. The molecule has 0 atom stereocenters. The monoisotopic (exact) mass is 444 g/mol. The van der Waals surface area contributed by atoms with Crippen LogP contribution in [0.4, 0.5) is 0 Å². The van der Waals surface area contributed by atoms with Crippen LogP contribution < -0.4 is 19.9 Å². The summed E-state index contributed by atoms with van der Waals surface area (Å²) in [6.07, 6.45) is 0. The molecule has 0 aliphatic carbocycles. The highest BCUT2D eigenvalue weighted by atomic mass is 16.1. The summed E-state index contributed by atoms with van der Waals surface area (Å²) in [6.45, 7) is 0. The average Bonchev–Trinajstić information content (AvgIpc) is 3.31.